The lowest BCUT2D eigenvalue weighted by atomic mass is 9.86. The van der Waals surface area contributed by atoms with Gasteiger partial charge in [0.05, 0.1) is 0 Å². The van der Waals surface area contributed by atoms with Crippen molar-refractivity contribution in [1.29, 1.82) is 0 Å². The Labute approximate surface area is 128 Å². The summed E-state index contributed by atoms with van der Waals surface area (Å²) in [5.41, 5.74) is 6.65. The Hall–Kier alpha value is -1.37. The highest BCUT2D eigenvalue weighted by Gasteiger charge is 2.21. The Bertz CT molecular complexity index is 627. The number of fused-ring (bicyclic) bond motifs is 3. The van der Waals surface area contributed by atoms with Crippen molar-refractivity contribution in [2.24, 2.45) is 0 Å². The van der Waals surface area contributed by atoms with Crippen LogP contribution in [0.25, 0.3) is 10.8 Å². The van der Waals surface area contributed by atoms with E-state index in [2.05, 4.69) is 31.1 Å². The molecule has 0 spiro atoms. The van der Waals surface area contributed by atoms with E-state index in [9.17, 15) is 0 Å². The molecule has 0 N–H and O–H groups in total. The zero-order valence-electron chi connectivity index (χ0n) is 13.5. The molecule has 0 bridgehead atoms. The molecule has 0 unspecified atom stereocenters. The number of nitrogens with zero attached hydrogens (tertiary/aromatic N) is 1. The molecule has 0 atom stereocenters. The van der Waals surface area contributed by atoms with Gasteiger partial charge in [-0.3, -0.25) is 4.98 Å². The first-order valence-electron chi connectivity index (χ1n) is 8.76. The lowest BCUT2D eigenvalue weighted by molar-refractivity contribution is 0.755. The minimum absolute atomic E-state index is 1.24. The van der Waals surface area contributed by atoms with Crippen LogP contribution in [0.2, 0.25) is 0 Å². The van der Waals surface area contributed by atoms with Crippen LogP contribution in [0.1, 0.15) is 68.2 Å². The van der Waals surface area contributed by atoms with Crippen LogP contribution in [0.5, 0.6) is 0 Å². The third-order valence-electron chi connectivity index (χ3n) is 4.98. The average Bonchev–Trinajstić information content (AvgIpc) is 3.00. The Morgan fingerprint density at radius 3 is 2.38 bits per heavy atom. The molecular formula is C20H27N. The van der Waals surface area contributed by atoms with Crippen molar-refractivity contribution in [3.63, 3.8) is 0 Å². The molecule has 1 heteroatoms. The van der Waals surface area contributed by atoms with E-state index in [-0.39, 0.29) is 0 Å². The van der Waals surface area contributed by atoms with Crippen LogP contribution in [0.15, 0.2) is 18.5 Å². The van der Waals surface area contributed by atoms with Crippen LogP contribution < -0.4 is 0 Å². The Balaban J connectivity index is 2.19. The Kier molecular flexibility index (Phi) is 4.57. The summed E-state index contributed by atoms with van der Waals surface area (Å²) < 4.78 is 0. The van der Waals surface area contributed by atoms with Crippen molar-refractivity contribution >= 4 is 10.8 Å². The number of hydrogen-bond acceptors (Lipinski definition) is 1. The van der Waals surface area contributed by atoms with Crippen LogP contribution in [0.4, 0.5) is 0 Å². The van der Waals surface area contributed by atoms with E-state index in [4.69, 9.17) is 0 Å². The summed E-state index contributed by atoms with van der Waals surface area (Å²) >= 11 is 0. The predicted molar refractivity (Wildman–Crippen MR) is 91.0 cm³/mol. The maximum absolute atomic E-state index is 4.40. The Morgan fingerprint density at radius 2 is 1.62 bits per heavy atom. The molecule has 3 rings (SSSR count). The fourth-order valence-electron chi connectivity index (χ4n) is 3.91. The van der Waals surface area contributed by atoms with Gasteiger partial charge in [0.1, 0.15) is 0 Å². The van der Waals surface area contributed by atoms with Crippen molar-refractivity contribution < 1.29 is 0 Å². The van der Waals surface area contributed by atoms with Gasteiger partial charge in [0.25, 0.3) is 0 Å². The molecular weight excluding hydrogens is 254 g/mol. The minimum Gasteiger partial charge on any atom is -0.264 e. The number of pyridine rings is 1. The van der Waals surface area contributed by atoms with Gasteiger partial charge >= 0.3 is 0 Å². The molecule has 1 heterocycles. The molecule has 2 aromatic rings. The number of unbranched alkanes of at least 4 members (excludes halogenated alkanes) is 2. The van der Waals surface area contributed by atoms with Crippen LogP contribution in [0.3, 0.4) is 0 Å². The minimum atomic E-state index is 1.24. The Morgan fingerprint density at radius 1 is 0.905 bits per heavy atom. The number of aryl methyl sites for hydroxylation is 2. The van der Waals surface area contributed by atoms with E-state index < -0.39 is 0 Å². The second-order valence-corrected chi connectivity index (χ2v) is 6.40. The largest absolute Gasteiger partial charge is 0.264 e. The van der Waals surface area contributed by atoms with E-state index in [1.807, 2.05) is 6.20 Å². The van der Waals surface area contributed by atoms with E-state index in [0.717, 1.165) is 0 Å². The number of aromatic nitrogens is 1. The average molecular weight is 281 g/mol. The van der Waals surface area contributed by atoms with E-state index in [1.54, 1.807) is 22.3 Å². The van der Waals surface area contributed by atoms with Gasteiger partial charge < -0.3 is 0 Å². The summed E-state index contributed by atoms with van der Waals surface area (Å²) in [7, 11) is 0. The highest BCUT2D eigenvalue weighted by Crippen LogP contribution is 2.37. The molecule has 21 heavy (non-hydrogen) atoms. The summed E-state index contributed by atoms with van der Waals surface area (Å²) in [6.07, 6.45) is 15.7. The first kappa shape index (κ1) is 14.6. The molecule has 112 valence electrons. The van der Waals surface area contributed by atoms with Crippen molar-refractivity contribution in [2.75, 3.05) is 0 Å². The van der Waals surface area contributed by atoms with Crippen LogP contribution >= 0.6 is 0 Å². The quantitative estimate of drug-likeness (QED) is 0.690. The van der Waals surface area contributed by atoms with Gasteiger partial charge in [0.2, 0.25) is 0 Å². The maximum atomic E-state index is 4.40. The third kappa shape index (κ3) is 2.71. The second-order valence-electron chi connectivity index (χ2n) is 6.40. The molecule has 0 fully saturated rings. The first-order chi connectivity index (χ1) is 10.4. The van der Waals surface area contributed by atoms with Crippen molar-refractivity contribution in [2.45, 2.75) is 71.6 Å². The molecule has 1 aliphatic carbocycles. The van der Waals surface area contributed by atoms with Gasteiger partial charge in [-0.25, -0.2) is 0 Å². The standard InChI is InChI=1S/C20H27N/c1-3-5-8-15-16(9-6-4-2)19-12-13-21-14-20(19)18-11-7-10-17(15)18/h12-14H,3-11H2,1-2H3. The van der Waals surface area contributed by atoms with Gasteiger partial charge in [0, 0.05) is 17.8 Å². The van der Waals surface area contributed by atoms with E-state index in [0.29, 0.717) is 0 Å². The van der Waals surface area contributed by atoms with E-state index in [1.165, 1.54) is 68.6 Å². The predicted octanol–water partition coefficient (Wildman–Crippen LogP) is 5.41. The normalized spacial score (nSPS) is 13.8. The van der Waals surface area contributed by atoms with Crippen molar-refractivity contribution in [3.05, 3.63) is 40.7 Å². The third-order valence-corrected chi connectivity index (χ3v) is 4.98. The summed E-state index contributed by atoms with van der Waals surface area (Å²) in [5.74, 6) is 0. The summed E-state index contributed by atoms with van der Waals surface area (Å²) in [6.45, 7) is 4.60. The van der Waals surface area contributed by atoms with Gasteiger partial charge in [-0.05, 0) is 78.7 Å². The molecule has 0 radical (unpaired) electrons. The van der Waals surface area contributed by atoms with Crippen LogP contribution in [0, 0.1) is 0 Å². The highest BCUT2D eigenvalue weighted by molar-refractivity contribution is 5.91. The molecule has 1 nitrogen and oxygen atoms in total. The van der Waals surface area contributed by atoms with Crippen molar-refractivity contribution in [3.8, 4) is 0 Å². The number of hydrogen-bond donors (Lipinski definition) is 0. The summed E-state index contributed by atoms with van der Waals surface area (Å²) in [5, 5.41) is 2.93. The lowest BCUT2D eigenvalue weighted by Gasteiger charge is -2.19. The molecule has 1 aliphatic rings. The molecule has 1 aromatic heterocycles. The van der Waals surface area contributed by atoms with Gasteiger partial charge in [-0.2, -0.15) is 0 Å². The van der Waals surface area contributed by atoms with Crippen LogP contribution in [-0.4, -0.2) is 4.98 Å². The lowest BCUT2D eigenvalue weighted by Crippen LogP contribution is -2.03. The summed E-state index contributed by atoms with van der Waals surface area (Å²) in [4.78, 5) is 4.40. The second kappa shape index (κ2) is 6.60. The molecule has 0 aliphatic heterocycles. The summed E-state index contributed by atoms with van der Waals surface area (Å²) in [6, 6.07) is 2.26. The van der Waals surface area contributed by atoms with Crippen LogP contribution in [-0.2, 0) is 25.7 Å². The number of rotatable bonds is 6. The SMILES string of the molecule is CCCCc1c2c(c3cnccc3c1CCCC)CCC2. The van der Waals surface area contributed by atoms with Gasteiger partial charge in [-0.1, -0.05) is 26.7 Å². The smallest absolute Gasteiger partial charge is 0.0349 e. The molecule has 1 aromatic carbocycles. The first-order valence-corrected chi connectivity index (χ1v) is 8.76. The highest BCUT2D eigenvalue weighted by atomic mass is 14.6. The molecule has 0 saturated heterocycles. The van der Waals surface area contributed by atoms with E-state index >= 15 is 0 Å². The zero-order valence-corrected chi connectivity index (χ0v) is 13.5. The molecule has 0 amide bonds. The monoisotopic (exact) mass is 281 g/mol. The van der Waals surface area contributed by atoms with Crippen molar-refractivity contribution in [1.82, 2.24) is 4.98 Å². The fraction of sp³-hybridized carbons (Fsp3) is 0.550. The van der Waals surface area contributed by atoms with Gasteiger partial charge in [0.15, 0.2) is 0 Å². The maximum Gasteiger partial charge on any atom is 0.0349 e. The zero-order chi connectivity index (χ0) is 14.7. The fourth-order valence-corrected chi connectivity index (χ4v) is 3.91. The molecule has 0 saturated carbocycles. The topological polar surface area (TPSA) is 12.9 Å². The number of benzene rings is 1. The van der Waals surface area contributed by atoms with Gasteiger partial charge in [-0.15, -0.1) is 0 Å².